The third-order valence-electron chi connectivity index (χ3n) is 4.80. The lowest BCUT2D eigenvalue weighted by atomic mass is 10.1. The average molecular weight is 413 g/mol. The van der Waals surface area contributed by atoms with Gasteiger partial charge in [-0.3, -0.25) is 9.36 Å². The Hall–Kier alpha value is -2.31. The van der Waals surface area contributed by atoms with E-state index in [0.717, 1.165) is 29.9 Å². The van der Waals surface area contributed by atoms with Gasteiger partial charge in [0, 0.05) is 30.2 Å². The first-order chi connectivity index (χ1) is 13.6. The minimum absolute atomic E-state index is 0.128. The van der Waals surface area contributed by atoms with Crippen molar-refractivity contribution in [1.29, 1.82) is 0 Å². The van der Waals surface area contributed by atoms with Crippen LogP contribution in [0.25, 0.3) is 5.69 Å². The van der Waals surface area contributed by atoms with Gasteiger partial charge in [-0.1, -0.05) is 53.7 Å². The van der Waals surface area contributed by atoms with Crippen LogP contribution >= 0.6 is 23.4 Å². The van der Waals surface area contributed by atoms with Gasteiger partial charge in [0.2, 0.25) is 5.91 Å². The Kier molecular flexibility index (Phi) is 5.69. The van der Waals surface area contributed by atoms with E-state index in [0.29, 0.717) is 28.4 Å². The third kappa shape index (κ3) is 4.39. The molecule has 4 rings (SSSR count). The molecule has 2 aromatic carbocycles. The first kappa shape index (κ1) is 19.0. The molecule has 144 valence electrons. The summed E-state index contributed by atoms with van der Waals surface area (Å²) in [7, 11) is 1.88. The molecular weight excluding hydrogens is 392 g/mol. The molecule has 3 aromatic rings. The van der Waals surface area contributed by atoms with Crippen LogP contribution in [0.5, 0.6) is 0 Å². The van der Waals surface area contributed by atoms with Crippen molar-refractivity contribution in [2.45, 2.75) is 30.5 Å². The fraction of sp³-hybridized carbons (Fsp3) is 0.286. The highest BCUT2D eigenvalue weighted by Gasteiger charge is 2.29. The lowest BCUT2D eigenvalue weighted by Gasteiger charge is -2.16. The zero-order chi connectivity index (χ0) is 19.5. The molecular formula is C21H21ClN4OS. The van der Waals surface area contributed by atoms with Crippen LogP contribution in [0.2, 0.25) is 5.02 Å². The number of halogens is 1. The monoisotopic (exact) mass is 412 g/mol. The van der Waals surface area contributed by atoms with E-state index in [1.54, 1.807) is 0 Å². The van der Waals surface area contributed by atoms with E-state index in [9.17, 15) is 4.79 Å². The van der Waals surface area contributed by atoms with E-state index in [1.165, 1.54) is 11.8 Å². The Morgan fingerprint density at radius 1 is 1.14 bits per heavy atom. The number of benzene rings is 2. The molecule has 0 saturated heterocycles. The number of rotatable bonds is 7. The zero-order valence-electron chi connectivity index (χ0n) is 15.6. The SMILES string of the molecule is CN(C(=O)CSc1nnc(Cc2ccccc2)n1-c1ccc(Cl)cc1)C1CC1. The van der Waals surface area contributed by atoms with Crippen LogP contribution in [0, 0.1) is 0 Å². The van der Waals surface area contributed by atoms with Gasteiger partial charge in [-0.2, -0.15) is 0 Å². The summed E-state index contributed by atoms with van der Waals surface area (Å²) in [5, 5.41) is 10.2. The Balaban J connectivity index is 1.59. The van der Waals surface area contributed by atoms with Crippen LogP contribution in [-0.4, -0.2) is 44.4 Å². The predicted octanol–water partition coefficient (Wildman–Crippen LogP) is 4.22. The molecule has 1 aliphatic rings. The highest BCUT2D eigenvalue weighted by atomic mass is 35.5. The molecule has 0 atom stereocenters. The van der Waals surface area contributed by atoms with Crippen molar-refractivity contribution in [3.8, 4) is 5.69 Å². The molecule has 0 spiro atoms. The molecule has 1 heterocycles. The van der Waals surface area contributed by atoms with Gasteiger partial charge in [0.15, 0.2) is 5.16 Å². The second-order valence-corrected chi connectivity index (χ2v) is 8.28. The van der Waals surface area contributed by atoms with Crippen molar-refractivity contribution in [3.63, 3.8) is 0 Å². The average Bonchev–Trinajstić information content (AvgIpc) is 3.49. The lowest BCUT2D eigenvalue weighted by molar-refractivity contribution is -0.127. The van der Waals surface area contributed by atoms with E-state index in [2.05, 4.69) is 22.3 Å². The maximum absolute atomic E-state index is 12.4. The third-order valence-corrected chi connectivity index (χ3v) is 5.97. The van der Waals surface area contributed by atoms with Crippen molar-refractivity contribution in [3.05, 3.63) is 71.0 Å². The smallest absolute Gasteiger partial charge is 0.233 e. The van der Waals surface area contributed by atoms with Crippen LogP contribution in [0.1, 0.15) is 24.2 Å². The maximum Gasteiger partial charge on any atom is 0.233 e. The zero-order valence-corrected chi connectivity index (χ0v) is 17.2. The number of nitrogens with zero attached hydrogens (tertiary/aromatic N) is 4. The molecule has 1 saturated carbocycles. The normalized spacial score (nSPS) is 13.5. The number of hydrogen-bond acceptors (Lipinski definition) is 4. The van der Waals surface area contributed by atoms with E-state index < -0.39 is 0 Å². The van der Waals surface area contributed by atoms with Gasteiger partial charge in [0.05, 0.1) is 5.75 Å². The standard InChI is InChI=1S/C21H21ClN4OS/c1-25(17-11-12-17)20(27)14-28-21-24-23-19(13-15-5-3-2-4-6-15)26(21)18-9-7-16(22)8-10-18/h2-10,17H,11-14H2,1H3. The molecule has 0 unspecified atom stereocenters. The fourth-order valence-corrected chi connectivity index (χ4v) is 4.05. The maximum atomic E-state index is 12.4. The first-order valence-electron chi connectivity index (χ1n) is 9.24. The second kappa shape index (κ2) is 8.37. The summed E-state index contributed by atoms with van der Waals surface area (Å²) in [6.45, 7) is 0. The predicted molar refractivity (Wildman–Crippen MR) is 112 cm³/mol. The summed E-state index contributed by atoms with van der Waals surface area (Å²) in [5.74, 6) is 1.31. The molecule has 0 radical (unpaired) electrons. The number of aromatic nitrogens is 3. The Labute approximate surface area is 173 Å². The topological polar surface area (TPSA) is 51.0 Å². The molecule has 1 aliphatic carbocycles. The van der Waals surface area contributed by atoms with Gasteiger partial charge in [-0.25, -0.2) is 0 Å². The number of hydrogen-bond donors (Lipinski definition) is 0. The number of amides is 1. The molecule has 1 fully saturated rings. The number of thioether (sulfide) groups is 1. The van der Waals surface area contributed by atoms with Gasteiger partial charge in [0.25, 0.3) is 0 Å². The van der Waals surface area contributed by atoms with Crippen molar-refractivity contribution in [1.82, 2.24) is 19.7 Å². The second-order valence-electron chi connectivity index (χ2n) is 6.90. The molecule has 5 nitrogen and oxygen atoms in total. The summed E-state index contributed by atoms with van der Waals surface area (Å²) < 4.78 is 2.01. The van der Waals surface area contributed by atoms with Crippen LogP contribution in [0.15, 0.2) is 59.8 Å². The molecule has 7 heteroatoms. The van der Waals surface area contributed by atoms with Gasteiger partial charge in [-0.05, 0) is 42.7 Å². The van der Waals surface area contributed by atoms with Gasteiger partial charge in [0.1, 0.15) is 5.82 Å². The Bertz CT molecular complexity index is 954. The van der Waals surface area contributed by atoms with Gasteiger partial charge >= 0.3 is 0 Å². The largest absolute Gasteiger partial charge is 0.342 e. The van der Waals surface area contributed by atoms with Gasteiger partial charge in [-0.15, -0.1) is 10.2 Å². The highest BCUT2D eigenvalue weighted by Crippen LogP contribution is 2.28. The molecule has 0 N–H and O–H groups in total. The minimum Gasteiger partial charge on any atom is -0.342 e. The Morgan fingerprint density at radius 3 is 2.54 bits per heavy atom. The number of carbonyl (C=O) groups excluding carboxylic acids is 1. The van der Waals surface area contributed by atoms with E-state index in [-0.39, 0.29) is 5.91 Å². The molecule has 1 amide bonds. The lowest BCUT2D eigenvalue weighted by Crippen LogP contribution is -2.30. The van der Waals surface area contributed by atoms with Crippen LogP contribution < -0.4 is 0 Å². The van der Waals surface area contributed by atoms with Crippen LogP contribution in [-0.2, 0) is 11.2 Å². The van der Waals surface area contributed by atoms with Crippen molar-refractivity contribution in [2.24, 2.45) is 0 Å². The summed E-state index contributed by atoms with van der Waals surface area (Å²) in [4.78, 5) is 14.3. The van der Waals surface area contributed by atoms with Crippen molar-refractivity contribution in [2.75, 3.05) is 12.8 Å². The van der Waals surface area contributed by atoms with Crippen LogP contribution in [0.4, 0.5) is 0 Å². The Morgan fingerprint density at radius 2 is 1.86 bits per heavy atom. The number of carbonyl (C=O) groups is 1. The summed E-state index contributed by atoms with van der Waals surface area (Å²) in [5.41, 5.74) is 2.09. The molecule has 28 heavy (non-hydrogen) atoms. The van der Waals surface area contributed by atoms with E-state index in [4.69, 9.17) is 11.6 Å². The first-order valence-corrected chi connectivity index (χ1v) is 10.6. The quantitative estimate of drug-likeness (QED) is 0.545. The molecule has 0 aliphatic heterocycles. The van der Waals surface area contributed by atoms with Crippen molar-refractivity contribution >= 4 is 29.3 Å². The summed E-state index contributed by atoms with van der Waals surface area (Å²) in [6.07, 6.45) is 2.87. The minimum atomic E-state index is 0.128. The van der Waals surface area contributed by atoms with Crippen LogP contribution in [0.3, 0.4) is 0 Å². The molecule has 0 bridgehead atoms. The highest BCUT2D eigenvalue weighted by molar-refractivity contribution is 7.99. The van der Waals surface area contributed by atoms with E-state index >= 15 is 0 Å². The summed E-state index contributed by atoms with van der Waals surface area (Å²) in [6, 6.07) is 18.2. The van der Waals surface area contributed by atoms with E-state index in [1.807, 2.05) is 59.0 Å². The van der Waals surface area contributed by atoms with Gasteiger partial charge < -0.3 is 4.90 Å². The van der Waals surface area contributed by atoms with Crippen molar-refractivity contribution < 1.29 is 4.79 Å². The fourth-order valence-electron chi connectivity index (χ4n) is 3.03. The molecule has 1 aromatic heterocycles. The summed E-state index contributed by atoms with van der Waals surface area (Å²) >= 11 is 7.48.